The monoisotopic (exact) mass is 287 g/mol. The molecule has 1 atom stereocenters. The van der Waals surface area contributed by atoms with E-state index in [2.05, 4.69) is 69.0 Å². The van der Waals surface area contributed by atoms with Crippen LogP contribution >= 0.6 is 18.7 Å². The zero-order valence-corrected chi connectivity index (χ0v) is 14.3. The van der Waals surface area contributed by atoms with Crippen molar-refractivity contribution in [3.05, 3.63) is 30.3 Å². The zero-order valence-electron chi connectivity index (χ0n) is 11.7. The summed E-state index contributed by atoms with van der Waals surface area (Å²) in [6.45, 7) is 13.8. The van der Waals surface area contributed by atoms with Gasteiger partial charge in [0.15, 0.2) is 0 Å². The highest BCUT2D eigenvalue weighted by Gasteiger charge is 2.38. The van der Waals surface area contributed by atoms with Gasteiger partial charge in [0.2, 0.25) is 0 Å². The quantitative estimate of drug-likeness (QED) is 0.570. The van der Waals surface area contributed by atoms with Gasteiger partial charge in [-0.15, -0.1) is 0 Å². The molecule has 0 fully saturated rings. The van der Waals surface area contributed by atoms with Crippen molar-refractivity contribution in [1.29, 1.82) is 0 Å². The van der Waals surface area contributed by atoms with Gasteiger partial charge >= 0.3 is 0 Å². The Kier molecular flexibility index (Phi) is 4.82. The van der Waals surface area contributed by atoms with E-state index in [-0.39, 0.29) is 5.54 Å². The summed E-state index contributed by atoms with van der Waals surface area (Å²) in [6.07, 6.45) is 0. The predicted molar refractivity (Wildman–Crippen MR) is 83.8 cm³/mol. The first kappa shape index (κ1) is 15.2. The molecule has 0 spiro atoms. The van der Waals surface area contributed by atoms with E-state index in [0.29, 0.717) is 0 Å². The van der Waals surface area contributed by atoms with E-state index in [4.69, 9.17) is 11.2 Å². The third-order valence-corrected chi connectivity index (χ3v) is 9.85. The maximum Gasteiger partial charge on any atom is 0.125 e. The van der Waals surface area contributed by atoms with E-state index in [0.717, 1.165) is 0 Å². The van der Waals surface area contributed by atoms with Crippen molar-refractivity contribution in [2.75, 3.05) is 0 Å². The number of hydrogen-bond acceptors (Lipinski definition) is 1. The van der Waals surface area contributed by atoms with E-state index >= 15 is 0 Å². The van der Waals surface area contributed by atoms with Gasteiger partial charge in [-0.2, -0.15) is 0 Å². The molecule has 4 heteroatoms. The van der Waals surface area contributed by atoms with E-state index in [1.165, 1.54) is 5.30 Å². The van der Waals surface area contributed by atoms with Crippen LogP contribution in [0.25, 0.3) is 0 Å². The maximum absolute atomic E-state index is 6.77. The first-order valence-corrected chi connectivity index (χ1v) is 11.6. The Morgan fingerprint density at radius 1 is 1.06 bits per heavy atom. The van der Waals surface area contributed by atoms with Crippen LogP contribution in [-0.4, -0.2) is 18.1 Å². The van der Waals surface area contributed by atoms with Crippen molar-refractivity contribution in [1.82, 2.24) is 4.34 Å². The molecule has 0 bridgehead atoms. The van der Waals surface area contributed by atoms with Crippen LogP contribution in [0.3, 0.4) is 0 Å². The molecule has 1 nitrogen and oxygen atoms in total. The second-order valence-electron chi connectivity index (χ2n) is 6.25. The fourth-order valence-corrected chi connectivity index (χ4v) is 10.9. The molecule has 1 aromatic rings. The maximum atomic E-state index is 6.77. The Labute approximate surface area is 113 Å². The summed E-state index contributed by atoms with van der Waals surface area (Å²) in [5, 5.41) is 1.25. The minimum Gasteiger partial charge on any atom is -0.283 e. The minimum absolute atomic E-state index is 0.119. The molecule has 0 aliphatic carbocycles. The fraction of sp³-hybridized carbons (Fsp3) is 0.538. The molecule has 0 amide bonds. The lowest BCUT2D eigenvalue weighted by Gasteiger charge is -2.46. The van der Waals surface area contributed by atoms with Gasteiger partial charge in [-0.05, 0) is 20.8 Å². The Balaban J connectivity index is 3.09. The van der Waals surface area contributed by atoms with E-state index in [9.17, 15) is 0 Å². The summed E-state index contributed by atoms with van der Waals surface area (Å²) in [6, 6.07) is 10.4. The van der Waals surface area contributed by atoms with Gasteiger partial charge in [-0.25, -0.2) is 0 Å². The third-order valence-electron chi connectivity index (χ3n) is 2.42. The van der Waals surface area contributed by atoms with Crippen molar-refractivity contribution in [3.8, 4) is 0 Å². The molecule has 1 unspecified atom stereocenters. The molecule has 0 saturated heterocycles. The number of hydrogen-bond donors (Lipinski definition) is 0. The summed E-state index contributed by atoms with van der Waals surface area (Å²) < 4.78 is 2.55. The van der Waals surface area contributed by atoms with Crippen molar-refractivity contribution in [3.63, 3.8) is 0 Å². The predicted octanol–water partition coefficient (Wildman–Crippen LogP) is 4.80. The molecular formula is C13H23ClNPSi. The van der Waals surface area contributed by atoms with Crippen LogP contribution in [0.4, 0.5) is 0 Å². The second-order valence-corrected chi connectivity index (χ2v) is 13.8. The summed E-state index contributed by atoms with van der Waals surface area (Å²) in [7, 11) is -2.19. The Morgan fingerprint density at radius 3 is 1.88 bits per heavy atom. The van der Waals surface area contributed by atoms with Gasteiger partial charge in [0.05, 0.1) is 7.43 Å². The molecule has 1 aromatic carbocycles. The molecule has 0 aliphatic rings. The average molecular weight is 288 g/mol. The number of rotatable bonds is 3. The highest BCUT2D eigenvalue weighted by molar-refractivity contribution is 7.89. The van der Waals surface area contributed by atoms with Crippen molar-refractivity contribution >= 4 is 32.2 Å². The highest BCUT2D eigenvalue weighted by atomic mass is 35.7. The van der Waals surface area contributed by atoms with E-state index < -0.39 is 15.7 Å². The fourth-order valence-electron chi connectivity index (χ4n) is 2.20. The molecule has 0 aromatic heterocycles. The van der Waals surface area contributed by atoms with Crippen LogP contribution in [0, 0.1) is 0 Å². The lowest BCUT2D eigenvalue weighted by Crippen LogP contribution is -2.52. The Morgan fingerprint density at radius 2 is 1.53 bits per heavy atom. The van der Waals surface area contributed by atoms with Crippen LogP contribution in [0.2, 0.25) is 19.6 Å². The smallest absolute Gasteiger partial charge is 0.125 e. The summed E-state index contributed by atoms with van der Waals surface area (Å²) >= 11 is 6.77. The van der Waals surface area contributed by atoms with Crippen LogP contribution in [0.5, 0.6) is 0 Å². The topological polar surface area (TPSA) is 3.24 Å². The van der Waals surface area contributed by atoms with Gasteiger partial charge in [-0.1, -0.05) is 61.2 Å². The first-order chi connectivity index (χ1) is 7.64. The molecule has 0 heterocycles. The Bertz CT molecular complexity index is 342. The lowest BCUT2D eigenvalue weighted by molar-refractivity contribution is 0.376. The zero-order chi connectivity index (χ0) is 13.3. The van der Waals surface area contributed by atoms with Gasteiger partial charge < -0.3 is 0 Å². The van der Waals surface area contributed by atoms with Crippen LogP contribution in [-0.2, 0) is 0 Å². The molecule has 17 heavy (non-hydrogen) atoms. The first-order valence-electron chi connectivity index (χ1n) is 5.95. The third kappa shape index (κ3) is 4.06. The van der Waals surface area contributed by atoms with E-state index in [1.54, 1.807) is 0 Å². The van der Waals surface area contributed by atoms with Crippen molar-refractivity contribution in [2.24, 2.45) is 0 Å². The molecule has 96 valence electrons. The van der Waals surface area contributed by atoms with Gasteiger partial charge in [0.1, 0.15) is 8.24 Å². The Hall–Kier alpha value is 0.117. The van der Waals surface area contributed by atoms with Crippen LogP contribution in [0.1, 0.15) is 20.8 Å². The summed E-state index contributed by atoms with van der Waals surface area (Å²) in [5.74, 6) is 0. The summed E-state index contributed by atoms with van der Waals surface area (Å²) in [4.78, 5) is 0. The molecule has 0 radical (unpaired) electrons. The average Bonchev–Trinajstić information content (AvgIpc) is 2.14. The SMILES string of the molecule is CC(C)(C)N(P(Cl)c1ccccc1)[Si](C)(C)C. The van der Waals surface area contributed by atoms with E-state index in [1.807, 2.05) is 6.07 Å². The molecule has 0 N–H and O–H groups in total. The lowest BCUT2D eigenvalue weighted by atomic mass is 10.1. The highest BCUT2D eigenvalue weighted by Crippen LogP contribution is 2.51. The molecule has 1 rings (SSSR count). The van der Waals surface area contributed by atoms with Gasteiger partial charge in [0, 0.05) is 10.8 Å². The second kappa shape index (κ2) is 5.40. The van der Waals surface area contributed by atoms with Crippen molar-refractivity contribution < 1.29 is 0 Å². The number of halogens is 1. The minimum atomic E-state index is -1.44. The number of benzene rings is 1. The van der Waals surface area contributed by atoms with Crippen molar-refractivity contribution in [2.45, 2.75) is 46.0 Å². The standard InChI is InChI=1S/C13H23ClNPSi/c1-13(2,3)15(17(4,5)6)16(14)12-10-8-7-9-11-12/h7-11H,1-6H3. The molecular weight excluding hydrogens is 265 g/mol. The molecule has 0 aliphatic heterocycles. The van der Waals surface area contributed by atoms with Crippen LogP contribution < -0.4 is 5.30 Å². The number of nitrogens with zero attached hydrogens (tertiary/aromatic N) is 1. The normalized spacial score (nSPS) is 15.1. The van der Waals surface area contributed by atoms with Gasteiger partial charge in [-0.3, -0.25) is 4.34 Å². The largest absolute Gasteiger partial charge is 0.283 e. The molecule has 0 saturated carbocycles. The van der Waals surface area contributed by atoms with Crippen LogP contribution in [0.15, 0.2) is 30.3 Å². The van der Waals surface area contributed by atoms with Gasteiger partial charge in [0.25, 0.3) is 0 Å². The summed E-state index contributed by atoms with van der Waals surface area (Å²) in [5.41, 5.74) is 0.119.